The van der Waals surface area contributed by atoms with Gasteiger partial charge < -0.3 is 4.42 Å². The molecule has 0 saturated heterocycles. The number of rotatable bonds is 3. The first-order valence-electron chi connectivity index (χ1n) is 12.9. The molecule has 182 valence electrons. The lowest BCUT2D eigenvalue weighted by molar-refractivity contribution is 0.669. The van der Waals surface area contributed by atoms with Crippen LogP contribution in [-0.2, 0) is 0 Å². The van der Waals surface area contributed by atoms with E-state index >= 15 is 0 Å². The maximum absolute atomic E-state index is 6.17. The number of hydrogen-bond donors (Lipinski definition) is 0. The molecule has 0 spiro atoms. The molecular formula is C35H21N3O. The van der Waals surface area contributed by atoms with Gasteiger partial charge in [0.05, 0.1) is 0 Å². The highest BCUT2D eigenvalue weighted by Crippen LogP contribution is 2.33. The molecule has 0 amide bonds. The van der Waals surface area contributed by atoms with Crippen molar-refractivity contribution < 1.29 is 4.42 Å². The quantitative estimate of drug-likeness (QED) is 0.243. The van der Waals surface area contributed by atoms with Crippen molar-refractivity contribution in [1.29, 1.82) is 0 Å². The second kappa shape index (κ2) is 8.61. The van der Waals surface area contributed by atoms with Gasteiger partial charge in [-0.3, -0.25) is 0 Å². The van der Waals surface area contributed by atoms with Crippen molar-refractivity contribution in [3.8, 4) is 34.2 Å². The van der Waals surface area contributed by atoms with E-state index in [9.17, 15) is 0 Å². The van der Waals surface area contributed by atoms with Crippen molar-refractivity contribution >= 4 is 43.5 Å². The second-order valence-corrected chi connectivity index (χ2v) is 9.74. The number of fused-ring (bicyclic) bond motifs is 5. The van der Waals surface area contributed by atoms with Gasteiger partial charge in [-0.2, -0.15) is 0 Å². The van der Waals surface area contributed by atoms with E-state index in [1.165, 1.54) is 10.8 Å². The Morgan fingerprint density at radius 1 is 0.359 bits per heavy atom. The van der Waals surface area contributed by atoms with Crippen LogP contribution in [-0.4, -0.2) is 15.0 Å². The smallest absolute Gasteiger partial charge is 0.164 e. The van der Waals surface area contributed by atoms with E-state index in [-0.39, 0.29) is 0 Å². The molecule has 2 aromatic heterocycles. The zero-order valence-electron chi connectivity index (χ0n) is 20.9. The molecule has 4 nitrogen and oxygen atoms in total. The highest BCUT2D eigenvalue weighted by atomic mass is 16.3. The predicted octanol–water partition coefficient (Wildman–Crippen LogP) is 9.08. The third kappa shape index (κ3) is 3.73. The van der Waals surface area contributed by atoms with Crippen LogP contribution < -0.4 is 0 Å². The topological polar surface area (TPSA) is 51.8 Å². The normalized spacial score (nSPS) is 11.6. The molecule has 4 heteroatoms. The monoisotopic (exact) mass is 499 g/mol. The minimum Gasteiger partial charge on any atom is -0.456 e. The van der Waals surface area contributed by atoms with Crippen LogP contribution in [0.15, 0.2) is 132 Å². The molecule has 0 aliphatic rings. The summed E-state index contributed by atoms with van der Waals surface area (Å²) in [5.74, 6) is 1.89. The third-order valence-electron chi connectivity index (χ3n) is 7.29. The molecule has 0 saturated carbocycles. The molecule has 0 atom stereocenters. The first-order chi connectivity index (χ1) is 19.3. The number of nitrogens with zero attached hydrogens (tertiary/aromatic N) is 3. The van der Waals surface area contributed by atoms with Crippen LogP contribution in [0, 0.1) is 0 Å². The van der Waals surface area contributed by atoms with E-state index in [1.54, 1.807) is 0 Å². The van der Waals surface area contributed by atoms with Crippen LogP contribution in [0.3, 0.4) is 0 Å². The lowest BCUT2D eigenvalue weighted by Gasteiger charge is -2.10. The maximum Gasteiger partial charge on any atom is 0.164 e. The van der Waals surface area contributed by atoms with Crippen molar-refractivity contribution in [3.05, 3.63) is 127 Å². The lowest BCUT2D eigenvalue weighted by atomic mass is 10.1. The van der Waals surface area contributed by atoms with Crippen LogP contribution in [0.5, 0.6) is 0 Å². The second-order valence-electron chi connectivity index (χ2n) is 9.74. The highest BCUT2D eigenvalue weighted by molar-refractivity contribution is 6.05. The molecule has 0 radical (unpaired) electrons. The summed E-state index contributed by atoms with van der Waals surface area (Å²) in [6.45, 7) is 0. The molecular weight excluding hydrogens is 478 g/mol. The summed E-state index contributed by atoms with van der Waals surface area (Å²) >= 11 is 0. The van der Waals surface area contributed by atoms with Gasteiger partial charge in [0.15, 0.2) is 17.5 Å². The maximum atomic E-state index is 6.17. The number of hydrogen-bond acceptors (Lipinski definition) is 4. The van der Waals surface area contributed by atoms with E-state index in [1.807, 2.05) is 36.4 Å². The summed E-state index contributed by atoms with van der Waals surface area (Å²) in [4.78, 5) is 14.9. The van der Waals surface area contributed by atoms with Gasteiger partial charge in [0.1, 0.15) is 11.2 Å². The molecule has 6 aromatic carbocycles. The van der Waals surface area contributed by atoms with Gasteiger partial charge in [0.25, 0.3) is 0 Å². The molecule has 39 heavy (non-hydrogen) atoms. The minimum atomic E-state index is 0.610. The first-order valence-corrected chi connectivity index (χ1v) is 12.9. The molecule has 8 aromatic rings. The lowest BCUT2D eigenvalue weighted by Crippen LogP contribution is -2.00. The zero-order chi connectivity index (χ0) is 25.8. The average molecular weight is 500 g/mol. The van der Waals surface area contributed by atoms with Gasteiger partial charge in [-0.15, -0.1) is 0 Å². The molecule has 0 aliphatic carbocycles. The van der Waals surface area contributed by atoms with Gasteiger partial charge in [-0.05, 0) is 51.9 Å². The predicted molar refractivity (Wildman–Crippen MR) is 158 cm³/mol. The number of para-hydroxylation sites is 1. The molecule has 0 aliphatic heterocycles. The SMILES string of the molecule is c1ccc2cc(-c3nc(-c4ccc5ccccc5c4)nc(-c4ccc5c(c4)oc4ccccc45)n3)ccc2c1. The standard InChI is InChI=1S/C35H21N3O/c1-3-9-24-19-26(15-13-22(24)7-1)33-36-34(27-16-14-23-8-2-4-10-25(23)20-27)38-35(37-33)28-17-18-30-29-11-5-6-12-31(29)39-32(30)21-28/h1-21H. The third-order valence-corrected chi connectivity index (χ3v) is 7.29. The fourth-order valence-corrected chi connectivity index (χ4v) is 5.29. The summed E-state index contributed by atoms with van der Waals surface area (Å²) in [5, 5.41) is 6.83. The summed E-state index contributed by atoms with van der Waals surface area (Å²) in [7, 11) is 0. The zero-order valence-corrected chi connectivity index (χ0v) is 20.9. The molecule has 2 heterocycles. The fourth-order valence-electron chi connectivity index (χ4n) is 5.29. The van der Waals surface area contributed by atoms with Crippen molar-refractivity contribution in [3.63, 3.8) is 0 Å². The number of aromatic nitrogens is 3. The van der Waals surface area contributed by atoms with Gasteiger partial charge in [-0.1, -0.05) is 97.1 Å². The van der Waals surface area contributed by atoms with E-state index in [4.69, 9.17) is 19.4 Å². The van der Waals surface area contributed by atoms with Crippen LogP contribution in [0.4, 0.5) is 0 Å². The fraction of sp³-hybridized carbons (Fsp3) is 0. The highest BCUT2D eigenvalue weighted by Gasteiger charge is 2.15. The Bertz CT molecular complexity index is 2100. The minimum absolute atomic E-state index is 0.610. The van der Waals surface area contributed by atoms with E-state index in [0.717, 1.165) is 49.4 Å². The Balaban J connectivity index is 1.34. The molecule has 0 fully saturated rings. The van der Waals surface area contributed by atoms with E-state index in [0.29, 0.717) is 17.5 Å². The molecule has 0 N–H and O–H groups in total. The van der Waals surface area contributed by atoms with Crippen molar-refractivity contribution in [2.24, 2.45) is 0 Å². The number of benzene rings is 6. The average Bonchev–Trinajstić information content (AvgIpc) is 3.38. The van der Waals surface area contributed by atoms with Crippen LogP contribution in [0.2, 0.25) is 0 Å². The van der Waals surface area contributed by atoms with Gasteiger partial charge >= 0.3 is 0 Å². The van der Waals surface area contributed by atoms with Crippen LogP contribution in [0.25, 0.3) is 77.6 Å². The first kappa shape index (κ1) is 21.7. The van der Waals surface area contributed by atoms with Crippen LogP contribution in [0.1, 0.15) is 0 Å². The number of furan rings is 1. The Morgan fingerprint density at radius 2 is 0.821 bits per heavy atom. The van der Waals surface area contributed by atoms with E-state index in [2.05, 4.69) is 91.0 Å². The Kier molecular flexibility index (Phi) is 4.79. The largest absolute Gasteiger partial charge is 0.456 e. The van der Waals surface area contributed by atoms with Gasteiger partial charge in [0, 0.05) is 27.5 Å². The molecule has 0 unspecified atom stereocenters. The van der Waals surface area contributed by atoms with Gasteiger partial charge in [-0.25, -0.2) is 15.0 Å². The van der Waals surface area contributed by atoms with Crippen molar-refractivity contribution in [2.45, 2.75) is 0 Å². The van der Waals surface area contributed by atoms with E-state index < -0.39 is 0 Å². The summed E-state index contributed by atoms with van der Waals surface area (Å²) in [6.07, 6.45) is 0. The summed E-state index contributed by atoms with van der Waals surface area (Å²) in [6, 6.07) is 43.6. The van der Waals surface area contributed by atoms with Crippen LogP contribution >= 0.6 is 0 Å². The Hall–Kier alpha value is -5.35. The van der Waals surface area contributed by atoms with Gasteiger partial charge in [0.2, 0.25) is 0 Å². The molecule has 8 rings (SSSR count). The summed E-state index contributed by atoms with van der Waals surface area (Å²) in [5.41, 5.74) is 4.46. The Morgan fingerprint density at radius 3 is 1.44 bits per heavy atom. The summed E-state index contributed by atoms with van der Waals surface area (Å²) < 4.78 is 6.17. The molecule has 0 bridgehead atoms. The van der Waals surface area contributed by atoms with Crippen molar-refractivity contribution in [2.75, 3.05) is 0 Å². The Labute approximate surface area is 224 Å². The van der Waals surface area contributed by atoms with Crippen molar-refractivity contribution in [1.82, 2.24) is 15.0 Å².